The highest BCUT2D eigenvalue weighted by Gasteiger charge is 2.25. The van der Waals surface area contributed by atoms with Crippen LogP contribution in [0.1, 0.15) is 52.2 Å². The molecule has 1 saturated carbocycles. The van der Waals surface area contributed by atoms with Crippen LogP contribution in [0.15, 0.2) is 39.7 Å². The fourth-order valence-electron chi connectivity index (χ4n) is 3.71. The van der Waals surface area contributed by atoms with E-state index in [1.54, 1.807) is 7.05 Å². The zero-order chi connectivity index (χ0) is 21.6. The summed E-state index contributed by atoms with van der Waals surface area (Å²) in [5.74, 6) is 1.77. The molecule has 3 N–H and O–H groups in total. The van der Waals surface area contributed by atoms with E-state index in [0.29, 0.717) is 6.04 Å². The molecule has 1 heterocycles. The molecule has 0 atom stereocenters. The normalized spacial score (nSPS) is 20.1. The maximum atomic E-state index is 11.9. The molecular formula is C23H34N4O3. The molecule has 1 aromatic heterocycles. The van der Waals surface area contributed by atoms with E-state index in [1.807, 2.05) is 39.0 Å². The zero-order valence-corrected chi connectivity index (χ0v) is 18.5. The number of hydrogen-bond acceptors (Lipinski definition) is 4. The van der Waals surface area contributed by atoms with E-state index in [1.165, 1.54) is 0 Å². The second-order valence-electron chi connectivity index (χ2n) is 8.84. The van der Waals surface area contributed by atoms with E-state index in [4.69, 9.17) is 9.15 Å². The van der Waals surface area contributed by atoms with E-state index in [0.717, 1.165) is 61.3 Å². The Kier molecular flexibility index (Phi) is 7.24. The van der Waals surface area contributed by atoms with Gasteiger partial charge in [-0.2, -0.15) is 0 Å². The van der Waals surface area contributed by atoms with Crippen molar-refractivity contribution >= 4 is 23.0 Å². The Morgan fingerprint density at radius 3 is 2.43 bits per heavy atom. The molecule has 7 heteroatoms. The van der Waals surface area contributed by atoms with Gasteiger partial charge in [0.25, 0.3) is 0 Å². The van der Waals surface area contributed by atoms with Crippen molar-refractivity contribution < 1.29 is 13.9 Å². The minimum atomic E-state index is -0.469. The first-order chi connectivity index (χ1) is 14.3. The third-order valence-corrected chi connectivity index (χ3v) is 5.15. The summed E-state index contributed by atoms with van der Waals surface area (Å²) in [7, 11) is 1.78. The van der Waals surface area contributed by atoms with Crippen molar-refractivity contribution in [3.8, 4) is 0 Å². The van der Waals surface area contributed by atoms with Crippen LogP contribution in [0.25, 0.3) is 11.0 Å². The molecule has 1 aliphatic rings. The number of alkyl carbamates (subject to hydrolysis) is 1. The molecule has 1 fully saturated rings. The van der Waals surface area contributed by atoms with Crippen molar-refractivity contribution in [2.24, 2.45) is 4.99 Å². The number of amides is 1. The van der Waals surface area contributed by atoms with Crippen LogP contribution >= 0.6 is 0 Å². The molecule has 7 nitrogen and oxygen atoms in total. The van der Waals surface area contributed by atoms with Gasteiger partial charge in [0, 0.05) is 37.5 Å². The van der Waals surface area contributed by atoms with Gasteiger partial charge in [-0.05, 0) is 58.6 Å². The number of benzene rings is 1. The summed E-state index contributed by atoms with van der Waals surface area (Å²) >= 11 is 0. The number of para-hydroxylation sites is 1. The van der Waals surface area contributed by atoms with Gasteiger partial charge in [0.1, 0.15) is 16.9 Å². The molecule has 30 heavy (non-hydrogen) atoms. The molecule has 1 aromatic carbocycles. The van der Waals surface area contributed by atoms with Gasteiger partial charge in [-0.3, -0.25) is 4.99 Å². The average molecular weight is 415 g/mol. The number of ether oxygens (including phenoxy) is 1. The third kappa shape index (κ3) is 6.68. The van der Waals surface area contributed by atoms with E-state index in [-0.39, 0.29) is 12.1 Å². The highest BCUT2D eigenvalue weighted by molar-refractivity contribution is 5.80. The molecule has 1 aliphatic carbocycles. The van der Waals surface area contributed by atoms with Gasteiger partial charge < -0.3 is 25.1 Å². The maximum absolute atomic E-state index is 11.9. The summed E-state index contributed by atoms with van der Waals surface area (Å²) in [6, 6.07) is 10.7. The van der Waals surface area contributed by atoms with Crippen molar-refractivity contribution in [2.45, 2.75) is 70.6 Å². The quantitative estimate of drug-likeness (QED) is 0.509. The zero-order valence-electron chi connectivity index (χ0n) is 18.5. The Labute approximate surface area is 178 Å². The summed E-state index contributed by atoms with van der Waals surface area (Å²) in [5, 5.41) is 11.0. The summed E-state index contributed by atoms with van der Waals surface area (Å²) < 4.78 is 11.2. The molecule has 0 radical (unpaired) electrons. The van der Waals surface area contributed by atoms with Crippen molar-refractivity contribution in [3.05, 3.63) is 36.1 Å². The summed E-state index contributed by atoms with van der Waals surface area (Å²) in [6.45, 7) is 6.37. The number of aliphatic imine (C=N–C) groups is 1. The number of carbonyl (C=O) groups excluding carboxylic acids is 1. The van der Waals surface area contributed by atoms with Crippen molar-refractivity contribution in [3.63, 3.8) is 0 Å². The molecule has 164 valence electrons. The van der Waals surface area contributed by atoms with Gasteiger partial charge in [-0.1, -0.05) is 18.2 Å². The van der Waals surface area contributed by atoms with E-state index in [9.17, 15) is 4.79 Å². The first kappa shape index (κ1) is 22.0. The van der Waals surface area contributed by atoms with Crippen LogP contribution in [-0.2, 0) is 11.2 Å². The second kappa shape index (κ2) is 9.87. The fourth-order valence-corrected chi connectivity index (χ4v) is 3.71. The number of nitrogens with zero attached hydrogens (tertiary/aromatic N) is 1. The number of rotatable bonds is 5. The van der Waals surface area contributed by atoms with Gasteiger partial charge >= 0.3 is 6.09 Å². The van der Waals surface area contributed by atoms with Crippen LogP contribution in [0.2, 0.25) is 0 Å². The monoisotopic (exact) mass is 414 g/mol. The number of carbonyl (C=O) groups is 1. The third-order valence-electron chi connectivity index (χ3n) is 5.15. The lowest BCUT2D eigenvalue weighted by Gasteiger charge is -2.31. The Morgan fingerprint density at radius 1 is 1.13 bits per heavy atom. The van der Waals surface area contributed by atoms with Crippen LogP contribution in [0.3, 0.4) is 0 Å². The predicted molar refractivity (Wildman–Crippen MR) is 120 cm³/mol. The topological polar surface area (TPSA) is 87.9 Å². The Balaban J connectivity index is 1.37. The van der Waals surface area contributed by atoms with Gasteiger partial charge in [-0.25, -0.2) is 4.79 Å². The van der Waals surface area contributed by atoms with Gasteiger partial charge in [-0.15, -0.1) is 0 Å². The molecule has 0 unspecified atom stereocenters. The van der Waals surface area contributed by atoms with Crippen molar-refractivity contribution in [1.82, 2.24) is 16.0 Å². The largest absolute Gasteiger partial charge is 0.461 e. The van der Waals surface area contributed by atoms with Crippen LogP contribution < -0.4 is 16.0 Å². The number of hydrogen-bond donors (Lipinski definition) is 3. The highest BCUT2D eigenvalue weighted by Crippen LogP contribution is 2.20. The summed E-state index contributed by atoms with van der Waals surface area (Å²) in [4.78, 5) is 16.3. The average Bonchev–Trinajstić information content (AvgIpc) is 3.10. The maximum Gasteiger partial charge on any atom is 0.407 e. The Morgan fingerprint density at radius 2 is 1.80 bits per heavy atom. The van der Waals surface area contributed by atoms with Crippen molar-refractivity contribution in [2.75, 3.05) is 13.6 Å². The minimum Gasteiger partial charge on any atom is -0.461 e. The minimum absolute atomic E-state index is 0.168. The molecule has 3 rings (SSSR count). The van der Waals surface area contributed by atoms with Gasteiger partial charge in [0.05, 0.1) is 0 Å². The van der Waals surface area contributed by atoms with E-state index in [2.05, 4.69) is 33.1 Å². The van der Waals surface area contributed by atoms with Crippen molar-refractivity contribution in [1.29, 1.82) is 0 Å². The molecule has 2 aromatic rings. The van der Waals surface area contributed by atoms with Gasteiger partial charge in [0.15, 0.2) is 5.96 Å². The van der Waals surface area contributed by atoms with E-state index >= 15 is 0 Å². The number of furan rings is 1. The number of nitrogens with one attached hydrogen (secondary N) is 3. The molecule has 0 bridgehead atoms. The molecular weight excluding hydrogens is 380 g/mol. The number of fused-ring (bicyclic) bond motifs is 1. The number of guanidine groups is 1. The summed E-state index contributed by atoms with van der Waals surface area (Å²) in [6.07, 6.45) is 4.26. The van der Waals surface area contributed by atoms with Crippen LogP contribution in [0.4, 0.5) is 4.79 Å². The first-order valence-electron chi connectivity index (χ1n) is 10.8. The van der Waals surface area contributed by atoms with Crippen LogP contribution in [0.5, 0.6) is 0 Å². The Hall–Kier alpha value is -2.70. The van der Waals surface area contributed by atoms with Crippen LogP contribution in [0, 0.1) is 0 Å². The molecule has 0 aliphatic heterocycles. The lowest BCUT2D eigenvalue weighted by Crippen LogP contribution is -2.48. The molecule has 0 saturated heterocycles. The summed E-state index contributed by atoms with van der Waals surface area (Å²) in [5.41, 5.74) is 0.454. The standard InChI is InChI=1S/C23H34N4O3/c1-23(2,3)30-22(28)27-18-11-9-17(10-12-18)26-21(24-4)25-14-13-19-15-16-7-5-6-8-20(16)29-19/h5-8,15,17-18H,9-14H2,1-4H3,(H,27,28)(H2,24,25,26). The molecule has 1 amide bonds. The lowest BCUT2D eigenvalue weighted by molar-refractivity contribution is 0.0490. The smallest absolute Gasteiger partial charge is 0.407 e. The second-order valence-corrected chi connectivity index (χ2v) is 8.84. The fraction of sp³-hybridized carbons (Fsp3) is 0.565. The van der Waals surface area contributed by atoms with Crippen LogP contribution in [-0.4, -0.2) is 43.3 Å². The predicted octanol–water partition coefficient (Wildman–Crippen LogP) is 3.98. The van der Waals surface area contributed by atoms with E-state index < -0.39 is 5.60 Å². The van der Waals surface area contributed by atoms with Gasteiger partial charge in [0.2, 0.25) is 0 Å². The SMILES string of the molecule is CN=C(NCCc1cc2ccccc2o1)NC1CCC(NC(=O)OC(C)(C)C)CC1. The Bertz CT molecular complexity index is 828. The highest BCUT2D eigenvalue weighted by atomic mass is 16.6. The molecule has 0 spiro atoms. The first-order valence-corrected chi connectivity index (χ1v) is 10.8. The lowest BCUT2D eigenvalue weighted by atomic mass is 9.91.